The van der Waals surface area contributed by atoms with Crippen LogP contribution in [0.4, 0.5) is 8.78 Å². The van der Waals surface area contributed by atoms with Crippen LogP contribution in [-0.2, 0) is 20.8 Å². The highest BCUT2D eigenvalue weighted by atomic mass is 19.1. The topological polar surface area (TPSA) is 99.8 Å². The number of nitrogens with zero attached hydrogens (tertiary/aromatic N) is 1. The number of halogens is 2. The Kier molecular flexibility index (Phi) is 11.0. The Labute approximate surface area is 222 Å². The molecule has 1 atom stereocenters. The van der Waals surface area contributed by atoms with Crippen LogP contribution in [0.25, 0.3) is 0 Å². The fourth-order valence-electron chi connectivity index (χ4n) is 4.00. The molecule has 3 N–H and O–H groups in total. The van der Waals surface area contributed by atoms with E-state index in [-0.39, 0.29) is 61.0 Å². The zero-order valence-corrected chi connectivity index (χ0v) is 21.9. The van der Waals surface area contributed by atoms with Crippen molar-refractivity contribution in [1.82, 2.24) is 20.9 Å². The average Bonchev–Trinajstić information content (AvgIpc) is 3.73. The molecule has 10 heteroatoms. The van der Waals surface area contributed by atoms with Crippen molar-refractivity contribution in [3.8, 4) is 5.75 Å². The van der Waals surface area contributed by atoms with Gasteiger partial charge in [-0.1, -0.05) is 23.8 Å². The molecule has 3 amide bonds. The molecule has 1 aliphatic heterocycles. The molecular formula is C28H36F2N4O4. The highest BCUT2D eigenvalue weighted by molar-refractivity contribution is 5.89. The van der Waals surface area contributed by atoms with E-state index in [4.69, 9.17) is 4.74 Å². The quantitative estimate of drug-likeness (QED) is 0.526. The molecule has 38 heavy (non-hydrogen) atoms. The van der Waals surface area contributed by atoms with Crippen LogP contribution in [-0.4, -0.2) is 68.5 Å². The van der Waals surface area contributed by atoms with Gasteiger partial charge in [0.05, 0.1) is 19.1 Å². The van der Waals surface area contributed by atoms with Gasteiger partial charge in [0.25, 0.3) is 0 Å². The van der Waals surface area contributed by atoms with Crippen molar-refractivity contribution >= 4 is 17.7 Å². The van der Waals surface area contributed by atoms with E-state index in [1.807, 2.05) is 6.92 Å². The third kappa shape index (κ3) is 9.74. The van der Waals surface area contributed by atoms with E-state index < -0.39 is 0 Å². The first-order valence-corrected chi connectivity index (χ1v) is 12.9. The Morgan fingerprint density at radius 1 is 0.921 bits per heavy atom. The van der Waals surface area contributed by atoms with Crippen LogP contribution in [0.2, 0.25) is 0 Å². The number of aryl methyl sites for hydroxylation is 2. The monoisotopic (exact) mass is 530 g/mol. The summed E-state index contributed by atoms with van der Waals surface area (Å²) < 4.78 is 31.5. The number of rotatable bonds is 1. The van der Waals surface area contributed by atoms with Gasteiger partial charge in [-0.05, 0) is 62.3 Å². The Bertz CT molecular complexity index is 1070. The van der Waals surface area contributed by atoms with Gasteiger partial charge in [-0.15, -0.1) is 0 Å². The van der Waals surface area contributed by atoms with E-state index in [0.717, 1.165) is 24.0 Å². The standard InChI is InChI=1S/C21H29FN4O4.C7H7F/c1-26-13-19(28)25-12-18(27)23-8-2-3-14-6-7-16(22)11-17(14)30-10-9-24-20(21(26)29)15-4-5-15;1-6-2-4-7(8)5-3-6/h6-7,11,15,20,24H,2-5,8-10,12-13H2,1H3,(H,23,27)(H,25,28);2-5H,1H3. The molecule has 2 aromatic carbocycles. The summed E-state index contributed by atoms with van der Waals surface area (Å²) in [6.07, 6.45) is 3.18. The van der Waals surface area contributed by atoms with Gasteiger partial charge in [0, 0.05) is 26.2 Å². The molecule has 8 nitrogen and oxygen atoms in total. The second-order valence-corrected chi connectivity index (χ2v) is 9.59. The molecule has 4 rings (SSSR count). The smallest absolute Gasteiger partial charge is 0.240 e. The van der Waals surface area contributed by atoms with Gasteiger partial charge in [0.15, 0.2) is 0 Å². The number of hydrogen-bond acceptors (Lipinski definition) is 5. The van der Waals surface area contributed by atoms with Gasteiger partial charge < -0.3 is 25.6 Å². The largest absolute Gasteiger partial charge is 0.492 e. The maximum absolute atomic E-state index is 13.7. The normalized spacial score (nSPS) is 19.9. The number of likely N-dealkylation sites (N-methyl/N-ethyl adjacent to an activating group) is 1. The van der Waals surface area contributed by atoms with Crippen LogP contribution in [0.15, 0.2) is 42.5 Å². The Balaban J connectivity index is 0.000000427. The third-order valence-corrected chi connectivity index (χ3v) is 6.27. The molecule has 0 saturated heterocycles. The molecular weight excluding hydrogens is 494 g/mol. The van der Waals surface area contributed by atoms with E-state index >= 15 is 0 Å². The second kappa shape index (κ2) is 14.4. The fourth-order valence-corrected chi connectivity index (χ4v) is 4.00. The number of carbonyl (C=O) groups is 3. The Morgan fingerprint density at radius 2 is 1.63 bits per heavy atom. The van der Waals surface area contributed by atoms with Gasteiger partial charge in [0.2, 0.25) is 17.7 Å². The maximum Gasteiger partial charge on any atom is 0.240 e. The summed E-state index contributed by atoms with van der Waals surface area (Å²) in [6, 6.07) is 10.4. The number of nitrogens with one attached hydrogen (secondary N) is 3. The minimum absolute atomic E-state index is 0.111. The van der Waals surface area contributed by atoms with Gasteiger partial charge in [-0.2, -0.15) is 0 Å². The zero-order valence-electron chi connectivity index (χ0n) is 21.9. The number of ether oxygens (including phenoxy) is 1. The highest BCUT2D eigenvalue weighted by Gasteiger charge is 2.37. The van der Waals surface area contributed by atoms with Gasteiger partial charge >= 0.3 is 0 Å². The first-order valence-electron chi connectivity index (χ1n) is 12.9. The summed E-state index contributed by atoms with van der Waals surface area (Å²) in [4.78, 5) is 38.2. The van der Waals surface area contributed by atoms with Crippen molar-refractivity contribution in [1.29, 1.82) is 0 Å². The maximum atomic E-state index is 13.7. The molecule has 1 saturated carbocycles. The minimum Gasteiger partial charge on any atom is -0.492 e. The molecule has 206 valence electrons. The summed E-state index contributed by atoms with van der Waals surface area (Å²) in [6.45, 7) is 2.82. The van der Waals surface area contributed by atoms with Crippen LogP contribution in [0.1, 0.15) is 30.4 Å². The highest BCUT2D eigenvalue weighted by Crippen LogP contribution is 2.33. The zero-order chi connectivity index (χ0) is 27.5. The number of carbonyl (C=O) groups excluding carboxylic acids is 3. The molecule has 0 bridgehead atoms. The lowest BCUT2D eigenvalue weighted by molar-refractivity contribution is -0.137. The van der Waals surface area contributed by atoms with Crippen molar-refractivity contribution < 1.29 is 27.9 Å². The van der Waals surface area contributed by atoms with Crippen molar-refractivity contribution in [2.24, 2.45) is 5.92 Å². The van der Waals surface area contributed by atoms with Crippen molar-refractivity contribution in [2.75, 3.05) is 39.8 Å². The SMILES string of the molecule is CN1CC(=O)NCC(=O)NCCCc2ccc(F)cc2OCCNC(C2CC2)C1=O.Cc1ccc(F)cc1. The molecule has 0 radical (unpaired) electrons. The van der Waals surface area contributed by atoms with E-state index in [2.05, 4.69) is 16.0 Å². The van der Waals surface area contributed by atoms with E-state index in [1.54, 1.807) is 25.2 Å². The van der Waals surface area contributed by atoms with Crippen LogP contribution in [0.3, 0.4) is 0 Å². The molecule has 1 heterocycles. The van der Waals surface area contributed by atoms with Crippen molar-refractivity contribution in [3.05, 3.63) is 65.2 Å². The van der Waals surface area contributed by atoms with E-state index in [1.165, 1.54) is 29.2 Å². The lowest BCUT2D eigenvalue weighted by Crippen LogP contribution is -2.50. The van der Waals surface area contributed by atoms with Crippen molar-refractivity contribution in [2.45, 2.75) is 38.6 Å². The predicted molar refractivity (Wildman–Crippen MR) is 140 cm³/mol. The van der Waals surface area contributed by atoms with Gasteiger partial charge in [0.1, 0.15) is 24.0 Å². The number of fused-ring (bicyclic) bond motifs is 1. The number of amides is 3. The molecule has 1 fully saturated rings. The molecule has 1 unspecified atom stereocenters. The van der Waals surface area contributed by atoms with Gasteiger partial charge in [-0.25, -0.2) is 8.78 Å². The first-order chi connectivity index (χ1) is 18.2. The molecule has 2 aliphatic rings. The van der Waals surface area contributed by atoms with Crippen LogP contribution in [0.5, 0.6) is 5.75 Å². The summed E-state index contributed by atoms with van der Waals surface area (Å²) in [5, 5.41) is 8.51. The average molecular weight is 531 g/mol. The van der Waals surface area contributed by atoms with Gasteiger partial charge in [-0.3, -0.25) is 14.4 Å². The Morgan fingerprint density at radius 3 is 2.32 bits per heavy atom. The molecule has 1 aliphatic carbocycles. The molecule has 0 aromatic heterocycles. The minimum atomic E-state index is -0.388. The van der Waals surface area contributed by atoms with Crippen molar-refractivity contribution in [3.63, 3.8) is 0 Å². The van der Waals surface area contributed by atoms with Crippen LogP contribution in [0, 0.1) is 24.5 Å². The summed E-state index contributed by atoms with van der Waals surface area (Å²) in [5.41, 5.74) is 1.95. The second-order valence-electron chi connectivity index (χ2n) is 9.59. The molecule has 2 aromatic rings. The lowest BCUT2D eigenvalue weighted by Gasteiger charge is -2.24. The van der Waals surface area contributed by atoms with E-state index in [9.17, 15) is 23.2 Å². The van der Waals surface area contributed by atoms with Crippen LogP contribution >= 0.6 is 0 Å². The first kappa shape index (κ1) is 29.0. The number of benzene rings is 2. The predicted octanol–water partition coefficient (Wildman–Crippen LogP) is 2.34. The van der Waals surface area contributed by atoms with E-state index in [0.29, 0.717) is 31.7 Å². The summed E-state index contributed by atoms with van der Waals surface area (Å²) in [7, 11) is 1.58. The Hall–Kier alpha value is -3.53. The third-order valence-electron chi connectivity index (χ3n) is 6.27. The fraction of sp³-hybridized carbons (Fsp3) is 0.464. The summed E-state index contributed by atoms with van der Waals surface area (Å²) in [5.74, 6) is -0.671. The molecule has 0 spiro atoms. The lowest BCUT2D eigenvalue weighted by atomic mass is 10.1. The summed E-state index contributed by atoms with van der Waals surface area (Å²) >= 11 is 0. The number of hydrogen-bond donors (Lipinski definition) is 3. The van der Waals surface area contributed by atoms with Crippen LogP contribution < -0.4 is 20.7 Å².